The zero-order valence-electron chi connectivity index (χ0n) is 11.3. The lowest BCUT2D eigenvalue weighted by Gasteiger charge is -2.18. The summed E-state index contributed by atoms with van der Waals surface area (Å²) in [7, 11) is -3.45. The molecule has 0 atom stereocenters. The van der Waals surface area contributed by atoms with Gasteiger partial charge in [-0.1, -0.05) is 30.3 Å². The summed E-state index contributed by atoms with van der Waals surface area (Å²) in [6.07, 6.45) is 3.99. The van der Waals surface area contributed by atoms with E-state index in [1.807, 2.05) is 36.4 Å². The van der Waals surface area contributed by atoms with Gasteiger partial charge in [0.05, 0.1) is 6.07 Å². The van der Waals surface area contributed by atoms with Crippen molar-refractivity contribution in [3.05, 3.63) is 41.3 Å². The SMILES string of the molecule is N#CCCN(CC1CC1)S(=O)(=O)/C=C/c1ccccc1. The number of sulfonamides is 1. The van der Waals surface area contributed by atoms with Crippen molar-refractivity contribution >= 4 is 16.1 Å². The fourth-order valence-electron chi connectivity index (χ4n) is 1.90. The van der Waals surface area contributed by atoms with Crippen molar-refractivity contribution in [3.8, 4) is 6.07 Å². The van der Waals surface area contributed by atoms with E-state index < -0.39 is 10.0 Å². The van der Waals surface area contributed by atoms with Gasteiger partial charge in [0.1, 0.15) is 0 Å². The van der Waals surface area contributed by atoms with Crippen molar-refractivity contribution in [2.75, 3.05) is 13.1 Å². The maximum absolute atomic E-state index is 12.3. The molecule has 0 spiro atoms. The van der Waals surface area contributed by atoms with Crippen LogP contribution < -0.4 is 0 Å². The highest BCUT2D eigenvalue weighted by Crippen LogP contribution is 2.30. The molecule has 1 aromatic carbocycles. The molecule has 0 heterocycles. The minimum Gasteiger partial charge on any atom is -0.208 e. The highest BCUT2D eigenvalue weighted by Gasteiger charge is 2.29. The monoisotopic (exact) mass is 290 g/mol. The molecule has 0 aromatic heterocycles. The number of nitriles is 1. The molecule has 0 aliphatic heterocycles. The lowest BCUT2D eigenvalue weighted by atomic mass is 10.2. The minimum atomic E-state index is -3.45. The van der Waals surface area contributed by atoms with Crippen LogP contribution in [0, 0.1) is 17.2 Å². The van der Waals surface area contributed by atoms with Gasteiger partial charge in [-0.3, -0.25) is 0 Å². The zero-order chi connectivity index (χ0) is 14.4. The first kappa shape index (κ1) is 14.8. The van der Waals surface area contributed by atoms with Gasteiger partial charge in [0.25, 0.3) is 0 Å². The fraction of sp³-hybridized carbons (Fsp3) is 0.400. The third-order valence-corrected chi connectivity index (χ3v) is 4.76. The van der Waals surface area contributed by atoms with Crippen molar-refractivity contribution in [1.82, 2.24) is 4.31 Å². The van der Waals surface area contributed by atoms with Gasteiger partial charge in [-0.05, 0) is 30.4 Å². The van der Waals surface area contributed by atoms with Crippen molar-refractivity contribution in [1.29, 1.82) is 5.26 Å². The van der Waals surface area contributed by atoms with E-state index in [-0.39, 0.29) is 13.0 Å². The first-order chi connectivity index (χ1) is 9.62. The third-order valence-electron chi connectivity index (χ3n) is 3.22. The maximum atomic E-state index is 12.3. The summed E-state index contributed by atoms with van der Waals surface area (Å²) in [6.45, 7) is 0.803. The van der Waals surface area contributed by atoms with E-state index >= 15 is 0 Å². The summed E-state index contributed by atoms with van der Waals surface area (Å²) in [4.78, 5) is 0. The Bertz CT molecular complexity index is 599. The first-order valence-corrected chi connectivity index (χ1v) is 8.22. The molecule has 0 saturated heterocycles. The topological polar surface area (TPSA) is 61.2 Å². The first-order valence-electron chi connectivity index (χ1n) is 6.72. The highest BCUT2D eigenvalue weighted by molar-refractivity contribution is 7.92. The average Bonchev–Trinajstić information content (AvgIpc) is 3.26. The molecule has 0 amide bonds. The van der Waals surface area contributed by atoms with Crippen LogP contribution >= 0.6 is 0 Å². The van der Waals surface area contributed by atoms with Crippen LogP contribution in [0.2, 0.25) is 0 Å². The number of benzene rings is 1. The van der Waals surface area contributed by atoms with E-state index in [4.69, 9.17) is 5.26 Å². The molecule has 1 aliphatic carbocycles. The summed E-state index contributed by atoms with van der Waals surface area (Å²) < 4.78 is 26.0. The highest BCUT2D eigenvalue weighted by atomic mass is 32.2. The molecule has 1 aliphatic rings. The Balaban J connectivity index is 2.08. The van der Waals surface area contributed by atoms with E-state index in [9.17, 15) is 8.42 Å². The number of rotatable bonds is 7. The summed E-state index contributed by atoms with van der Waals surface area (Å²) in [5, 5.41) is 9.89. The minimum absolute atomic E-state index is 0.227. The predicted molar refractivity (Wildman–Crippen MR) is 78.9 cm³/mol. The number of nitrogens with zero attached hydrogens (tertiary/aromatic N) is 2. The summed E-state index contributed by atoms with van der Waals surface area (Å²) in [6, 6.07) is 11.3. The van der Waals surface area contributed by atoms with Gasteiger partial charge in [0.2, 0.25) is 10.0 Å². The molecular formula is C15H18N2O2S. The molecule has 4 nitrogen and oxygen atoms in total. The maximum Gasteiger partial charge on any atom is 0.236 e. The Morgan fingerprint density at radius 1 is 1.30 bits per heavy atom. The summed E-state index contributed by atoms with van der Waals surface area (Å²) in [5.41, 5.74) is 0.850. The van der Waals surface area contributed by atoms with Gasteiger partial charge >= 0.3 is 0 Å². The molecule has 5 heteroatoms. The molecule has 2 rings (SSSR count). The lowest BCUT2D eigenvalue weighted by Crippen LogP contribution is -2.32. The summed E-state index contributed by atoms with van der Waals surface area (Å²) >= 11 is 0. The Morgan fingerprint density at radius 2 is 2.00 bits per heavy atom. The molecule has 1 aromatic rings. The van der Waals surface area contributed by atoms with Crippen LogP contribution in [-0.4, -0.2) is 25.8 Å². The standard InChI is InChI=1S/C15H18N2O2S/c16-10-4-11-17(13-15-7-8-15)20(18,19)12-9-14-5-2-1-3-6-14/h1-3,5-6,9,12,15H,4,7-8,11,13H2/b12-9+. The fourth-order valence-corrected chi connectivity index (χ4v) is 3.17. The van der Waals surface area contributed by atoms with Gasteiger partial charge in [-0.15, -0.1) is 0 Å². The van der Waals surface area contributed by atoms with Gasteiger partial charge in [-0.25, -0.2) is 8.42 Å². The van der Waals surface area contributed by atoms with Gasteiger partial charge in [-0.2, -0.15) is 9.57 Å². The van der Waals surface area contributed by atoms with E-state index in [0.717, 1.165) is 18.4 Å². The van der Waals surface area contributed by atoms with Crippen LogP contribution in [0.5, 0.6) is 0 Å². The zero-order valence-corrected chi connectivity index (χ0v) is 12.1. The third kappa shape index (κ3) is 4.48. The molecule has 0 bridgehead atoms. The number of hydrogen-bond acceptors (Lipinski definition) is 3. The van der Waals surface area contributed by atoms with Gasteiger partial charge in [0, 0.05) is 24.9 Å². The molecular weight excluding hydrogens is 272 g/mol. The van der Waals surface area contributed by atoms with Crippen molar-refractivity contribution in [2.24, 2.45) is 5.92 Å². The Labute approximate surface area is 120 Å². The van der Waals surface area contributed by atoms with E-state index in [1.165, 1.54) is 9.71 Å². The second-order valence-electron chi connectivity index (χ2n) is 4.97. The second-order valence-corrected chi connectivity index (χ2v) is 6.79. The normalized spacial score (nSPS) is 15.6. The van der Waals surface area contributed by atoms with Gasteiger partial charge in [0.15, 0.2) is 0 Å². The Morgan fingerprint density at radius 3 is 2.60 bits per heavy atom. The van der Waals surface area contributed by atoms with E-state index in [2.05, 4.69) is 0 Å². The quantitative estimate of drug-likeness (QED) is 0.775. The number of hydrogen-bond donors (Lipinski definition) is 0. The largest absolute Gasteiger partial charge is 0.236 e. The van der Waals surface area contributed by atoms with Crippen LogP contribution in [0.4, 0.5) is 0 Å². The van der Waals surface area contributed by atoms with Crippen LogP contribution in [0.15, 0.2) is 35.7 Å². The molecule has 1 fully saturated rings. The average molecular weight is 290 g/mol. The van der Waals surface area contributed by atoms with Gasteiger partial charge < -0.3 is 0 Å². The van der Waals surface area contributed by atoms with Crippen molar-refractivity contribution in [3.63, 3.8) is 0 Å². The Hall–Kier alpha value is -1.64. The van der Waals surface area contributed by atoms with E-state index in [1.54, 1.807) is 6.08 Å². The van der Waals surface area contributed by atoms with Crippen molar-refractivity contribution < 1.29 is 8.42 Å². The van der Waals surface area contributed by atoms with E-state index in [0.29, 0.717) is 12.5 Å². The smallest absolute Gasteiger partial charge is 0.208 e. The molecule has 106 valence electrons. The second kappa shape index (κ2) is 6.69. The Kier molecular flexibility index (Phi) is 4.94. The predicted octanol–water partition coefficient (Wildman–Crippen LogP) is 2.61. The van der Waals surface area contributed by atoms with Crippen molar-refractivity contribution in [2.45, 2.75) is 19.3 Å². The van der Waals surface area contributed by atoms with Crippen LogP contribution in [0.1, 0.15) is 24.8 Å². The van der Waals surface area contributed by atoms with Crippen LogP contribution in [0.25, 0.3) is 6.08 Å². The lowest BCUT2D eigenvalue weighted by molar-refractivity contribution is 0.408. The van der Waals surface area contributed by atoms with Crippen LogP contribution in [0.3, 0.4) is 0 Å². The molecule has 1 saturated carbocycles. The molecule has 0 radical (unpaired) electrons. The summed E-state index contributed by atoms with van der Waals surface area (Å²) in [5.74, 6) is 0.466. The molecule has 20 heavy (non-hydrogen) atoms. The van der Waals surface area contributed by atoms with Crippen LogP contribution in [-0.2, 0) is 10.0 Å². The molecule has 0 unspecified atom stereocenters. The molecule has 0 N–H and O–H groups in total.